The number of hydrogen-bond donors (Lipinski definition) is 0. The van der Waals surface area contributed by atoms with Gasteiger partial charge in [0.1, 0.15) is 0 Å². The smallest absolute Gasteiger partial charge is 0.0238 e. The summed E-state index contributed by atoms with van der Waals surface area (Å²) in [5.74, 6) is 0. The molecule has 0 aliphatic rings. The Morgan fingerprint density at radius 3 is 2.07 bits per heavy atom. The highest BCUT2D eigenvalue weighted by atomic mass is 127. The molecule has 2 aromatic rings. The van der Waals surface area contributed by atoms with E-state index >= 15 is 0 Å². The van der Waals surface area contributed by atoms with Gasteiger partial charge < -0.3 is 0 Å². The second-order valence-electron chi connectivity index (χ2n) is 3.75. The Kier molecular flexibility index (Phi) is 3.10. The topological polar surface area (TPSA) is 0 Å². The molecular formula is C14H13I. The molecule has 0 aromatic heterocycles. The van der Waals surface area contributed by atoms with Gasteiger partial charge in [-0.05, 0) is 58.7 Å². The summed E-state index contributed by atoms with van der Waals surface area (Å²) in [6.07, 6.45) is 0. The van der Waals surface area contributed by atoms with E-state index in [1.54, 1.807) is 0 Å². The van der Waals surface area contributed by atoms with Gasteiger partial charge in [0.2, 0.25) is 0 Å². The molecule has 2 aromatic carbocycles. The molecule has 0 atom stereocenters. The van der Waals surface area contributed by atoms with Crippen molar-refractivity contribution in [1.29, 1.82) is 0 Å². The van der Waals surface area contributed by atoms with Crippen LogP contribution in [-0.2, 0) is 0 Å². The van der Waals surface area contributed by atoms with Crippen LogP contribution >= 0.6 is 22.6 Å². The van der Waals surface area contributed by atoms with Crippen LogP contribution in [0.5, 0.6) is 0 Å². The molecule has 15 heavy (non-hydrogen) atoms. The van der Waals surface area contributed by atoms with Crippen LogP contribution in [0.1, 0.15) is 11.1 Å². The van der Waals surface area contributed by atoms with E-state index in [2.05, 4.69) is 78.9 Å². The molecule has 0 fully saturated rings. The molecule has 1 heteroatoms. The van der Waals surface area contributed by atoms with Crippen LogP contribution < -0.4 is 0 Å². The summed E-state index contributed by atoms with van der Waals surface area (Å²) in [6, 6.07) is 15.0. The van der Waals surface area contributed by atoms with E-state index in [4.69, 9.17) is 0 Å². The van der Waals surface area contributed by atoms with Crippen molar-refractivity contribution in [1.82, 2.24) is 0 Å². The molecule has 0 radical (unpaired) electrons. The average molecular weight is 308 g/mol. The molecule has 0 bridgehead atoms. The molecule has 0 amide bonds. The molecule has 0 spiro atoms. The van der Waals surface area contributed by atoms with Gasteiger partial charge in [-0.1, -0.05) is 42.5 Å². The number of benzene rings is 2. The molecule has 0 aliphatic heterocycles. The molecule has 0 saturated heterocycles. The molecular weight excluding hydrogens is 295 g/mol. The van der Waals surface area contributed by atoms with Crippen molar-refractivity contribution >= 4 is 22.6 Å². The lowest BCUT2D eigenvalue weighted by Gasteiger charge is -2.09. The van der Waals surface area contributed by atoms with Gasteiger partial charge in [-0.25, -0.2) is 0 Å². The second-order valence-corrected chi connectivity index (χ2v) is 4.83. The zero-order chi connectivity index (χ0) is 10.8. The maximum atomic E-state index is 2.43. The van der Waals surface area contributed by atoms with Crippen LogP contribution in [0.15, 0.2) is 42.5 Å². The number of rotatable bonds is 1. The first-order valence-electron chi connectivity index (χ1n) is 5.01. The summed E-state index contributed by atoms with van der Waals surface area (Å²) in [6.45, 7) is 4.32. The van der Waals surface area contributed by atoms with Gasteiger partial charge in [0.25, 0.3) is 0 Å². The number of aryl methyl sites for hydroxylation is 2. The van der Waals surface area contributed by atoms with Crippen LogP contribution in [0.4, 0.5) is 0 Å². The van der Waals surface area contributed by atoms with Gasteiger partial charge in [0.05, 0.1) is 0 Å². The minimum atomic E-state index is 1.33. The van der Waals surface area contributed by atoms with Crippen molar-refractivity contribution in [2.45, 2.75) is 13.8 Å². The zero-order valence-corrected chi connectivity index (χ0v) is 11.1. The fraction of sp³-hybridized carbons (Fsp3) is 0.143. The quantitative estimate of drug-likeness (QED) is 0.677. The Morgan fingerprint density at radius 1 is 0.733 bits per heavy atom. The molecule has 0 unspecified atom stereocenters. The third-order valence-electron chi connectivity index (χ3n) is 2.63. The Bertz CT molecular complexity index is 486. The zero-order valence-electron chi connectivity index (χ0n) is 8.92. The summed E-state index contributed by atoms with van der Waals surface area (Å²) >= 11 is 2.43. The van der Waals surface area contributed by atoms with Crippen molar-refractivity contribution in [3.8, 4) is 11.1 Å². The lowest BCUT2D eigenvalue weighted by Crippen LogP contribution is -1.88. The highest BCUT2D eigenvalue weighted by Crippen LogP contribution is 2.29. The molecule has 0 saturated carbocycles. The Labute approximate surface area is 104 Å². The molecule has 0 heterocycles. The SMILES string of the molecule is Cc1ccccc1-c1cccc(C)c1I. The van der Waals surface area contributed by atoms with E-state index in [1.165, 1.54) is 25.8 Å². The Morgan fingerprint density at radius 2 is 1.33 bits per heavy atom. The van der Waals surface area contributed by atoms with Crippen LogP contribution in [0.25, 0.3) is 11.1 Å². The monoisotopic (exact) mass is 308 g/mol. The predicted octanol–water partition coefficient (Wildman–Crippen LogP) is 4.58. The predicted molar refractivity (Wildman–Crippen MR) is 74.1 cm³/mol. The number of hydrogen-bond acceptors (Lipinski definition) is 0. The van der Waals surface area contributed by atoms with Gasteiger partial charge in [0, 0.05) is 3.57 Å². The van der Waals surface area contributed by atoms with Crippen molar-refractivity contribution in [2.24, 2.45) is 0 Å². The second kappa shape index (κ2) is 4.35. The van der Waals surface area contributed by atoms with Crippen LogP contribution in [0.3, 0.4) is 0 Å². The summed E-state index contributed by atoms with van der Waals surface area (Å²) in [5, 5.41) is 0. The minimum absolute atomic E-state index is 1.33. The van der Waals surface area contributed by atoms with Crippen molar-refractivity contribution in [3.63, 3.8) is 0 Å². The summed E-state index contributed by atoms with van der Waals surface area (Å²) < 4.78 is 1.35. The third kappa shape index (κ3) is 2.07. The van der Waals surface area contributed by atoms with Gasteiger partial charge in [-0.15, -0.1) is 0 Å². The van der Waals surface area contributed by atoms with E-state index in [9.17, 15) is 0 Å². The van der Waals surface area contributed by atoms with Crippen molar-refractivity contribution < 1.29 is 0 Å². The summed E-state index contributed by atoms with van der Waals surface area (Å²) in [5.41, 5.74) is 5.36. The van der Waals surface area contributed by atoms with Gasteiger partial charge in [0.15, 0.2) is 0 Å². The van der Waals surface area contributed by atoms with Gasteiger partial charge in [-0.3, -0.25) is 0 Å². The molecule has 76 valence electrons. The van der Waals surface area contributed by atoms with Gasteiger partial charge in [-0.2, -0.15) is 0 Å². The van der Waals surface area contributed by atoms with E-state index in [1.807, 2.05) is 0 Å². The first-order chi connectivity index (χ1) is 7.20. The number of halogens is 1. The van der Waals surface area contributed by atoms with Gasteiger partial charge >= 0.3 is 0 Å². The molecule has 2 rings (SSSR count). The molecule has 0 nitrogen and oxygen atoms in total. The largest absolute Gasteiger partial charge is 0.0620 e. The van der Waals surface area contributed by atoms with E-state index in [-0.39, 0.29) is 0 Å². The highest BCUT2D eigenvalue weighted by Gasteiger charge is 2.06. The standard InChI is InChI=1S/C14H13I/c1-10-6-3-4-8-12(10)13-9-5-7-11(2)14(13)15/h3-9H,1-2H3. The maximum Gasteiger partial charge on any atom is 0.0238 e. The van der Waals surface area contributed by atoms with Crippen molar-refractivity contribution in [2.75, 3.05) is 0 Å². The lowest BCUT2D eigenvalue weighted by atomic mass is 9.99. The van der Waals surface area contributed by atoms with E-state index in [0.29, 0.717) is 0 Å². The van der Waals surface area contributed by atoms with Crippen LogP contribution in [-0.4, -0.2) is 0 Å². The maximum absolute atomic E-state index is 2.43. The van der Waals surface area contributed by atoms with Crippen LogP contribution in [0, 0.1) is 17.4 Å². The first kappa shape index (κ1) is 10.7. The third-order valence-corrected chi connectivity index (χ3v) is 4.06. The Balaban J connectivity index is 2.65. The fourth-order valence-corrected chi connectivity index (χ4v) is 2.38. The highest BCUT2D eigenvalue weighted by molar-refractivity contribution is 14.1. The minimum Gasteiger partial charge on any atom is -0.0620 e. The normalized spacial score (nSPS) is 10.3. The lowest BCUT2D eigenvalue weighted by molar-refractivity contribution is 1.39. The fourth-order valence-electron chi connectivity index (χ4n) is 1.73. The van der Waals surface area contributed by atoms with E-state index < -0.39 is 0 Å². The summed E-state index contributed by atoms with van der Waals surface area (Å²) in [7, 11) is 0. The summed E-state index contributed by atoms with van der Waals surface area (Å²) in [4.78, 5) is 0. The van der Waals surface area contributed by atoms with Crippen molar-refractivity contribution in [3.05, 3.63) is 57.2 Å². The molecule has 0 N–H and O–H groups in total. The first-order valence-corrected chi connectivity index (χ1v) is 6.09. The van der Waals surface area contributed by atoms with E-state index in [0.717, 1.165) is 0 Å². The average Bonchev–Trinajstić information content (AvgIpc) is 2.23. The van der Waals surface area contributed by atoms with Crippen LogP contribution in [0.2, 0.25) is 0 Å². The molecule has 0 aliphatic carbocycles. The Hall–Kier alpha value is -0.830.